The Morgan fingerprint density at radius 2 is 2.05 bits per heavy atom. The first-order valence-electron chi connectivity index (χ1n) is 5.59. The molecule has 0 atom stereocenters. The van der Waals surface area contributed by atoms with E-state index in [2.05, 4.69) is 25.6 Å². The average Bonchev–Trinajstić information content (AvgIpc) is 2.92. The van der Waals surface area contributed by atoms with Crippen LogP contribution in [0.3, 0.4) is 0 Å². The molecule has 0 radical (unpaired) electrons. The van der Waals surface area contributed by atoms with Crippen molar-refractivity contribution >= 4 is 21.9 Å². The van der Waals surface area contributed by atoms with Crippen LogP contribution in [0.5, 0.6) is 17.2 Å². The van der Waals surface area contributed by atoms with Gasteiger partial charge in [0.15, 0.2) is 11.5 Å². The molecule has 0 amide bonds. The lowest BCUT2D eigenvalue weighted by Gasteiger charge is -2.21. The van der Waals surface area contributed by atoms with E-state index in [1.54, 1.807) is 0 Å². The van der Waals surface area contributed by atoms with Crippen LogP contribution in [-0.4, -0.2) is 34.6 Å². The molecule has 1 aromatic heterocycles. The average molecular weight is 342 g/mol. The zero-order valence-electron chi connectivity index (χ0n) is 9.92. The summed E-state index contributed by atoms with van der Waals surface area (Å²) in [5, 5.41) is 22.6. The Balaban J connectivity index is 2.13. The molecule has 0 saturated heterocycles. The number of hydrogen-bond donors (Lipinski definition) is 2. The number of nitrogens with zero attached hydrogens (tertiary/aromatic N) is 1. The van der Waals surface area contributed by atoms with Crippen LogP contribution in [0, 0.1) is 0 Å². The minimum absolute atomic E-state index is 0.125. The molecule has 2 N–H and O–H groups in total. The maximum atomic E-state index is 10.8. The van der Waals surface area contributed by atoms with Crippen molar-refractivity contribution < 1.29 is 29.0 Å². The van der Waals surface area contributed by atoms with Crippen molar-refractivity contribution in [1.29, 1.82) is 0 Å². The lowest BCUT2D eigenvalue weighted by Crippen LogP contribution is -2.15. The number of aromatic hydroxyl groups is 1. The van der Waals surface area contributed by atoms with Crippen LogP contribution in [0.25, 0.3) is 11.3 Å². The Bertz CT molecular complexity index is 695. The predicted octanol–water partition coefficient (Wildman–Crippen LogP) is 2.28. The van der Waals surface area contributed by atoms with Crippen LogP contribution < -0.4 is 9.47 Å². The number of halogens is 1. The van der Waals surface area contributed by atoms with Gasteiger partial charge in [-0.05, 0) is 22.0 Å². The number of carboxylic acid groups (broad SMARTS) is 1. The predicted molar refractivity (Wildman–Crippen MR) is 69.3 cm³/mol. The molecule has 0 spiro atoms. The third-order valence-electron chi connectivity index (χ3n) is 2.75. The minimum Gasteiger partial charge on any atom is -0.506 e. The Labute approximate surface area is 120 Å². The number of ether oxygens (including phenoxy) is 2. The van der Waals surface area contributed by atoms with Gasteiger partial charge in [0.05, 0.1) is 5.56 Å². The van der Waals surface area contributed by atoms with Gasteiger partial charge >= 0.3 is 5.97 Å². The fourth-order valence-corrected chi connectivity index (χ4v) is 2.36. The molecule has 0 bridgehead atoms. The summed E-state index contributed by atoms with van der Waals surface area (Å²) in [6.45, 7) is 0.778. The Morgan fingerprint density at radius 3 is 2.75 bits per heavy atom. The topological polar surface area (TPSA) is 102 Å². The van der Waals surface area contributed by atoms with Crippen molar-refractivity contribution in [2.24, 2.45) is 0 Å². The molecule has 8 heteroatoms. The van der Waals surface area contributed by atoms with E-state index in [1.807, 2.05) is 0 Å². The molecule has 3 rings (SSSR count). The van der Waals surface area contributed by atoms with Gasteiger partial charge in [0, 0.05) is 6.07 Å². The normalized spacial score (nSPS) is 13.2. The zero-order chi connectivity index (χ0) is 14.3. The fourth-order valence-electron chi connectivity index (χ4n) is 1.83. The fraction of sp³-hybridized carbons (Fsp3) is 0.167. The number of fused-ring (bicyclic) bond motifs is 1. The maximum absolute atomic E-state index is 10.8. The minimum atomic E-state index is -1.24. The van der Waals surface area contributed by atoms with Gasteiger partial charge in [0.1, 0.15) is 29.1 Å². The van der Waals surface area contributed by atoms with Gasteiger partial charge in [-0.1, -0.05) is 5.16 Å². The maximum Gasteiger partial charge on any atom is 0.374 e. The van der Waals surface area contributed by atoms with E-state index in [0.717, 1.165) is 0 Å². The third kappa shape index (κ3) is 1.97. The van der Waals surface area contributed by atoms with Crippen LogP contribution in [0.4, 0.5) is 0 Å². The van der Waals surface area contributed by atoms with Crippen molar-refractivity contribution in [2.75, 3.05) is 13.2 Å². The standard InChI is InChI=1S/C12H8BrNO6/c13-9-10(15)5(3-7-11(9)19-2-1-18-7)6-4-8(12(16)17)20-14-6/h3-4,15H,1-2H2,(H,16,17). The lowest BCUT2D eigenvalue weighted by molar-refractivity contribution is 0.0652. The number of aromatic carboxylic acids is 1. The van der Waals surface area contributed by atoms with Crippen molar-refractivity contribution in [2.45, 2.75) is 0 Å². The van der Waals surface area contributed by atoms with Gasteiger partial charge in [-0.25, -0.2) is 4.79 Å². The Kier molecular flexibility index (Phi) is 3.01. The Morgan fingerprint density at radius 1 is 1.30 bits per heavy atom. The number of aromatic nitrogens is 1. The highest BCUT2D eigenvalue weighted by Gasteiger charge is 2.24. The highest BCUT2D eigenvalue weighted by atomic mass is 79.9. The molecule has 1 aromatic carbocycles. The Hall–Kier alpha value is -2.22. The van der Waals surface area contributed by atoms with Crippen LogP contribution in [0.1, 0.15) is 10.6 Å². The molecule has 0 fully saturated rings. The summed E-state index contributed by atoms with van der Waals surface area (Å²) in [5.74, 6) is -0.833. The highest BCUT2D eigenvalue weighted by Crippen LogP contribution is 2.48. The number of phenolic OH excluding ortho intramolecular Hbond substituents is 1. The molecule has 1 aliphatic rings. The number of phenols is 1. The smallest absolute Gasteiger partial charge is 0.374 e. The quantitative estimate of drug-likeness (QED) is 0.863. The molecule has 20 heavy (non-hydrogen) atoms. The van der Waals surface area contributed by atoms with E-state index in [1.165, 1.54) is 12.1 Å². The summed E-state index contributed by atoms with van der Waals surface area (Å²) >= 11 is 3.22. The van der Waals surface area contributed by atoms with E-state index >= 15 is 0 Å². The van der Waals surface area contributed by atoms with E-state index in [4.69, 9.17) is 14.6 Å². The molecule has 2 aromatic rings. The van der Waals surface area contributed by atoms with Crippen LogP contribution in [0.2, 0.25) is 0 Å². The second-order valence-electron chi connectivity index (χ2n) is 3.99. The second kappa shape index (κ2) is 4.71. The van der Waals surface area contributed by atoms with Crippen molar-refractivity contribution in [3.63, 3.8) is 0 Å². The van der Waals surface area contributed by atoms with Crippen LogP contribution in [-0.2, 0) is 0 Å². The number of carbonyl (C=O) groups is 1. The van der Waals surface area contributed by atoms with Gasteiger partial charge in [0.25, 0.3) is 0 Å². The molecule has 0 saturated carbocycles. The molecule has 0 unspecified atom stereocenters. The lowest BCUT2D eigenvalue weighted by atomic mass is 10.1. The molecular weight excluding hydrogens is 334 g/mol. The summed E-state index contributed by atoms with van der Waals surface area (Å²) in [6.07, 6.45) is 0. The summed E-state index contributed by atoms with van der Waals surface area (Å²) in [4.78, 5) is 10.8. The van der Waals surface area contributed by atoms with Crippen molar-refractivity contribution in [1.82, 2.24) is 5.16 Å². The number of rotatable bonds is 2. The van der Waals surface area contributed by atoms with Gasteiger partial charge in [0.2, 0.25) is 5.76 Å². The van der Waals surface area contributed by atoms with Crippen molar-refractivity contribution in [3.05, 3.63) is 22.4 Å². The van der Waals surface area contributed by atoms with E-state index in [9.17, 15) is 9.90 Å². The summed E-state index contributed by atoms with van der Waals surface area (Å²) < 4.78 is 15.8. The monoisotopic (exact) mass is 341 g/mol. The SMILES string of the molecule is O=C(O)c1cc(-c2cc3c(c(Br)c2O)OCCO3)no1. The molecule has 7 nitrogen and oxygen atoms in total. The van der Waals surface area contributed by atoms with Crippen molar-refractivity contribution in [3.8, 4) is 28.5 Å². The third-order valence-corrected chi connectivity index (χ3v) is 3.48. The molecule has 2 heterocycles. The first-order valence-corrected chi connectivity index (χ1v) is 6.38. The molecular formula is C12H8BrNO6. The first-order chi connectivity index (χ1) is 9.58. The second-order valence-corrected chi connectivity index (χ2v) is 4.79. The van der Waals surface area contributed by atoms with E-state index in [0.29, 0.717) is 29.2 Å². The number of hydrogen-bond acceptors (Lipinski definition) is 6. The first kappa shape index (κ1) is 12.8. The number of carboxylic acids is 1. The van der Waals surface area contributed by atoms with Crippen LogP contribution >= 0.6 is 15.9 Å². The zero-order valence-corrected chi connectivity index (χ0v) is 11.5. The summed E-state index contributed by atoms with van der Waals surface area (Å²) in [7, 11) is 0. The van der Waals surface area contributed by atoms with E-state index in [-0.39, 0.29) is 22.8 Å². The molecule has 1 aliphatic heterocycles. The number of benzene rings is 1. The summed E-state index contributed by atoms with van der Waals surface area (Å²) in [6, 6.07) is 2.75. The summed E-state index contributed by atoms with van der Waals surface area (Å²) in [5.41, 5.74) is 0.481. The van der Waals surface area contributed by atoms with Gasteiger partial charge in [-0.15, -0.1) is 0 Å². The van der Waals surface area contributed by atoms with Gasteiger partial charge in [-0.2, -0.15) is 0 Å². The molecule has 104 valence electrons. The van der Waals surface area contributed by atoms with Gasteiger partial charge in [-0.3, -0.25) is 0 Å². The van der Waals surface area contributed by atoms with E-state index < -0.39 is 5.97 Å². The van der Waals surface area contributed by atoms with Crippen LogP contribution in [0.15, 0.2) is 21.1 Å². The highest BCUT2D eigenvalue weighted by molar-refractivity contribution is 9.10. The van der Waals surface area contributed by atoms with Gasteiger partial charge < -0.3 is 24.2 Å². The molecule has 0 aliphatic carbocycles. The largest absolute Gasteiger partial charge is 0.506 e.